The van der Waals surface area contributed by atoms with E-state index in [0.717, 1.165) is 44.5 Å². The summed E-state index contributed by atoms with van der Waals surface area (Å²) in [6.45, 7) is 1.68. The number of rotatable bonds is 5. The van der Waals surface area contributed by atoms with Gasteiger partial charge in [-0.25, -0.2) is 4.79 Å². The third kappa shape index (κ3) is 4.06. The van der Waals surface area contributed by atoms with Crippen molar-refractivity contribution in [2.75, 3.05) is 19.8 Å². The molecule has 1 saturated carbocycles. The average molecular weight is 332 g/mol. The van der Waals surface area contributed by atoms with E-state index < -0.39 is 6.09 Å². The van der Waals surface area contributed by atoms with Crippen LogP contribution in [0.15, 0.2) is 30.3 Å². The third-order valence-corrected chi connectivity index (χ3v) is 5.10. The van der Waals surface area contributed by atoms with Gasteiger partial charge < -0.3 is 20.1 Å². The first kappa shape index (κ1) is 16.8. The molecular formula is C18H24N2O4. The summed E-state index contributed by atoms with van der Waals surface area (Å²) in [6, 6.07) is 9.63. The van der Waals surface area contributed by atoms with Crippen molar-refractivity contribution >= 4 is 12.0 Å². The molecule has 24 heavy (non-hydrogen) atoms. The van der Waals surface area contributed by atoms with E-state index in [1.54, 1.807) is 0 Å². The molecule has 0 aromatic heterocycles. The van der Waals surface area contributed by atoms with Gasteiger partial charge in [-0.2, -0.15) is 0 Å². The highest BCUT2D eigenvalue weighted by Crippen LogP contribution is 2.48. The Morgan fingerprint density at radius 1 is 1.17 bits per heavy atom. The van der Waals surface area contributed by atoms with Crippen molar-refractivity contribution in [3.05, 3.63) is 35.9 Å². The molecule has 2 aliphatic rings. The van der Waals surface area contributed by atoms with Crippen LogP contribution in [0, 0.1) is 5.41 Å². The summed E-state index contributed by atoms with van der Waals surface area (Å²) in [5.74, 6) is -0.165. The number of amides is 2. The number of benzene rings is 1. The van der Waals surface area contributed by atoms with Crippen LogP contribution in [0.25, 0.3) is 0 Å². The van der Waals surface area contributed by atoms with Crippen LogP contribution < -0.4 is 10.6 Å². The van der Waals surface area contributed by atoms with Crippen LogP contribution in [0.2, 0.25) is 0 Å². The van der Waals surface area contributed by atoms with Crippen molar-refractivity contribution < 1.29 is 19.1 Å². The van der Waals surface area contributed by atoms with E-state index >= 15 is 0 Å². The zero-order chi connectivity index (χ0) is 16.8. The van der Waals surface area contributed by atoms with Gasteiger partial charge in [-0.1, -0.05) is 30.3 Å². The fourth-order valence-corrected chi connectivity index (χ4v) is 3.47. The minimum absolute atomic E-state index is 0.0588. The summed E-state index contributed by atoms with van der Waals surface area (Å²) in [7, 11) is 0. The molecule has 1 aromatic carbocycles. The summed E-state index contributed by atoms with van der Waals surface area (Å²) in [5.41, 5.74) is 1.12. The van der Waals surface area contributed by atoms with Crippen molar-refractivity contribution in [3.8, 4) is 0 Å². The van der Waals surface area contributed by atoms with Crippen molar-refractivity contribution in [2.45, 2.75) is 38.3 Å². The zero-order valence-corrected chi connectivity index (χ0v) is 13.8. The SMILES string of the molecule is O=C(CNC(=O)OCc1ccccc1)NC1CCC12CCOCC2. The van der Waals surface area contributed by atoms with Gasteiger partial charge >= 0.3 is 6.09 Å². The first-order valence-electron chi connectivity index (χ1n) is 8.50. The first-order chi connectivity index (χ1) is 11.7. The van der Waals surface area contributed by atoms with Crippen molar-refractivity contribution in [1.29, 1.82) is 0 Å². The summed E-state index contributed by atoms with van der Waals surface area (Å²) >= 11 is 0. The Kier molecular flexibility index (Phi) is 5.35. The smallest absolute Gasteiger partial charge is 0.407 e. The second-order valence-corrected chi connectivity index (χ2v) is 6.55. The molecular weight excluding hydrogens is 308 g/mol. The Labute approximate surface area is 141 Å². The van der Waals surface area contributed by atoms with Crippen LogP contribution in [-0.2, 0) is 20.9 Å². The topological polar surface area (TPSA) is 76.7 Å². The normalized spacial score (nSPS) is 21.6. The van der Waals surface area contributed by atoms with Gasteiger partial charge in [0.25, 0.3) is 0 Å². The van der Waals surface area contributed by atoms with Gasteiger partial charge in [-0.15, -0.1) is 0 Å². The molecule has 130 valence electrons. The Morgan fingerprint density at radius 3 is 2.58 bits per heavy atom. The predicted octanol–water partition coefficient (Wildman–Crippen LogP) is 1.99. The van der Waals surface area contributed by atoms with Gasteiger partial charge in [0.05, 0.1) is 0 Å². The summed E-state index contributed by atoms with van der Waals surface area (Å²) < 4.78 is 10.5. The van der Waals surface area contributed by atoms with Crippen LogP contribution in [0.3, 0.4) is 0 Å². The van der Waals surface area contributed by atoms with Gasteiger partial charge in [0.15, 0.2) is 0 Å². The van der Waals surface area contributed by atoms with Gasteiger partial charge in [0, 0.05) is 19.3 Å². The van der Waals surface area contributed by atoms with Crippen LogP contribution in [0.1, 0.15) is 31.2 Å². The fourth-order valence-electron chi connectivity index (χ4n) is 3.47. The number of nitrogens with one attached hydrogen (secondary N) is 2. The molecule has 1 unspecified atom stereocenters. The zero-order valence-electron chi connectivity index (χ0n) is 13.8. The molecule has 6 heteroatoms. The molecule has 1 heterocycles. The van der Waals surface area contributed by atoms with E-state index in [9.17, 15) is 9.59 Å². The molecule has 1 aliphatic heterocycles. The molecule has 1 atom stereocenters. The monoisotopic (exact) mass is 332 g/mol. The van der Waals surface area contributed by atoms with Gasteiger partial charge in [0.1, 0.15) is 13.2 Å². The lowest BCUT2D eigenvalue weighted by atomic mass is 9.60. The highest BCUT2D eigenvalue weighted by molar-refractivity contribution is 5.82. The molecule has 0 bridgehead atoms. The average Bonchev–Trinajstić information content (AvgIpc) is 2.63. The summed E-state index contributed by atoms with van der Waals surface area (Å²) in [6.07, 6.45) is 3.58. The lowest BCUT2D eigenvalue weighted by molar-refractivity contribution is -0.126. The molecule has 0 radical (unpaired) electrons. The highest BCUT2D eigenvalue weighted by atomic mass is 16.5. The van der Waals surface area contributed by atoms with E-state index in [4.69, 9.17) is 9.47 Å². The maximum absolute atomic E-state index is 12.0. The van der Waals surface area contributed by atoms with Crippen molar-refractivity contribution in [1.82, 2.24) is 10.6 Å². The number of hydrogen-bond acceptors (Lipinski definition) is 4. The molecule has 1 spiro atoms. The Morgan fingerprint density at radius 2 is 1.92 bits per heavy atom. The Balaban J connectivity index is 1.35. The second kappa shape index (κ2) is 7.66. The number of hydrogen-bond donors (Lipinski definition) is 2. The minimum atomic E-state index is -0.580. The molecule has 2 amide bonds. The number of ether oxygens (including phenoxy) is 2. The van der Waals surface area contributed by atoms with E-state index in [2.05, 4.69) is 10.6 Å². The van der Waals surface area contributed by atoms with E-state index in [0.29, 0.717) is 0 Å². The molecule has 1 aliphatic carbocycles. The molecule has 3 rings (SSSR count). The van der Waals surface area contributed by atoms with Crippen molar-refractivity contribution in [3.63, 3.8) is 0 Å². The molecule has 2 N–H and O–H groups in total. The maximum Gasteiger partial charge on any atom is 0.407 e. The van der Waals surface area contributed by atoms with Crippen molar-refractivity contribution in [2.24, 2.45) is 5.41 Å². The molecule has 1 saturated heterocycles. The largest absolute Gasteiger partial charge is 0.445 e. The Bertz CT molecular complexity index is 570. The number of alkyl carbamates (subject to hydrolysis) is 1. The van der Waals surface area contributed by atoms with Crippen LogP contribution >= 0.6 is 0 Å². The van der Waals surface area contributed by atoms with E-state index in [-0.39, 0.29) is 30.5 Å². The van der Waals surface area contributed by atoms with E-state index in [1.165, 1.54) is 0 Å². The lowest BCUT2D eigenvalue weighted by Crippen LogP contribution is -2.58. The predicted molar refractivity (Wildman–Crippen MR) is 88.3 cm³/mol. The number of carbonyl (C=O) groups is 2. The highest BCUT2D eigenvalue weighted by Gasteiger charge is 2.47. The maximum atomic E-state index is 12.0. The quantitative estimate of drug-likeness (QED) is 0.864. The van der Waals surface area contributed by atoms with Gasteiger partial charge in [-0.3, -0.25) is 4.79 Å². The van der Waals surface area contributed by atoms with Crippen LogP contribution in [-0.4, -0.2) is 37.8 Å². The minimum Gasteiger partial charge on any atom is -0.445 e. The van der Waals surface area contributed by atoms with Crippen LogP contribution in [0.4, 0.5) is 4.79 Å². The second-order valence-electron chi connectivity index (χ2n) is 6.55. The van der Waals surface area contributed by atoms with E-state index in [1.807, 2.05) is 30.3 Å². The molecule has 2 fully saturated rings. The summed E-state index contributed by atoms with van der Waals surface area (Å²) in [4.78, 5) is 23.7. The van der Waals surface area contributed by atoms with Gasteiger partial charge in [0.2, 0.25) is 5.91 Å². The molecule has 6 nitrogen and oxygen atoms in total. The first-order valence-corrected chi connectivity index (χ1v) is 8.50. The fraction of sp³-hybridized carbons (Fsp3) is 0.556. The number of carbonyl (C=O) groups excluding carboxylic acids is 2. The van der Waals surface area contributed by atoms with Crippen LogP contribution in [0.5, 0.6) is 0 Å². The third-order valence-electron chi connectivity index (χ3n) is 5.10. The molecule has 1 aromatic rings. The summed E-state index contributed by atoms with van der Waals surface area (Å²) in [5, 5.41) is 5.54. The Hall–Kier alpha value is -2.08. The van der Waals surface area contributed by atoms with Gasteiger partial charge in [-0.05, 0) is 36.7 Å². The lowest BCUT2D eigenvalue weighted by Gasteiger charge is -2.52. The standard InChI is InChI=1S/C18H24N2O4/c21-16(20-15-6-7-18(15)8-10-23-11-9-18)12-19-17(22)24-13-14-4-2-1-3-5-14/h1-5,15H,6-13H2,(H,19,22)(H,20,21).